The molecule has 1 aromatic carbocycles. The molecule has 0 aliphatic carbocycles. The second kappa shape index (κ2) is 3.98. The number of halogens is 1. The van der Waals surface area contributed by atoms with Crippen LogP contribution in [-0.4, -0.2) is 9.97 Å². The molecule has 2 aromatic rings. The lowest BCUT2D eigenvalue weighted by Gasteiger charge is -2.03. The minimum atomic E-state index is 0.621. The van der Waals surface area contributed by atoms with Gasteiger partial charge in [-0.2, -0.15) is 0 Å². The van der Waals surface area contributed by atoms with Crippen molar-refractivity contribution in [1.29, 1.82) is 0 Å². The first-order chi connectivity index (χ1) is 7.16. The molecule has 0 spiro atoms. The lowest BCUT2D eigenvalue weighted by Crippen LogP contribution is -1.97. The van der Waals surface area contributed by atoms with Gasteiger partial charge in [-0.05, 0) is 19.1 Å². The second-order valence-corrected chi connectivity index (χ2v) is 4.16. The van der Waals surface area contributed by atoms with Gasteiger partial charge in [-0.25, -0.2) is 9.97 Å². The van der Waals surface area contributed by atoms with Gasteiger partial charge in [0.2, 0.25) is 0 Å². The topological polar surface area (TPSA) is 51.8 Å². The number of benzene rings is 1. The number of aromatic nitrogens is 2. The van der Waals surface area contributed by atoms with Crippen LogP contribution in [0.15, 0.2) is 34.9 Å². The van der Waals surface area contributed by atoms with E-state index in [4.69, 9.17) is 5.73 Å². The van der Waals surface area contributed by atoms with Crippen LogP contribution in [0, 0.1) is 6.92 Å². The summed E-state index contributed by atoms with van der Waals surface area (Å²) < 4.78 is 1.04. The number of anilines is 1. The molecule has 0 radical (unpaired) electrons. The molecule has 2 rings (SSSR count). The van der Waals surface area contributed by atoms with Crippen molar-refractivity contribution in [2.24, 2.45) is 0 Å². The first-order valence-corrected chi connectivity index (χ1v) is 5.31. The lowest BCUT2D eigenvalue weighted by atomic mass is 10.2. The summed E-state index contributed by atoms with van der Waals surface area (Å²) in [5.74, 6) is 0.703. The Hall–Kier alpha value is -1.42. The molecule has 0 saturated heterocycles. The molecule has 2 N–H and O–H groups in total. The van der Waals surface area contributed by atoms with Gasteiger partial charge >= 0.3 is 0 Å². The Balaban J connectivity index is 2.45. The fraction of sp³-hybridized carbons (Fsp3) is 0.0909. The Labute approximate surface area is 96.5 Å². The third-order valence-corrected chi connectivity index (χ3v) is 2.65. The fourth-order valence-corrected chi connectivity index (χ4v) is 1.48. The van der Waals surface area contributed by atoms with E-state index in [1.165, 1.54) is 0 Å². The van der Waals surface area contributed by atoms with E-state index in [0.717, 1.165) is 15.7 Å². The molecular weight excluding hydrogens is 254 g/mol. The van der Waals surface area contributed by atoms with Gasteiger partial charge in [0, 0.05) is 10.0 Å². The third-order valence-electron chi connectivity index (χ3n) is 2.12. The van der Waals surface area contributed by atoms with Crippen LogP contribution >= 0.6 is 15.9 Å². The van der Waals surface area contributed by atoms with Gasteiger partial charge in [-0.15, -0.1) is 0 Å². The highest BCUT2D eigenvalue weighted by molar-refractivity contribution is 9.10. The summed E-state index contributed by atoms with van der Waals surface area (Å²) in [4.78, 5) is 8.51. The van der Waals surface area contributed by atoms with Crippen molar-refractivity contribution >= 4 is 21.6 Å². The van der Waals surface area contributed by atoms with E-state index >= 15 is 0 Å². The highest BCUT2D eigenvalue weighted by Gasteiger charge is 2.02. The average molecular weight is 264 g/mol. The van der Waals surface area contributed by atoms with E-state index in [1.807, 2.05) is 31.2 Å². The molecule has 0 bridgehead atoms. The molecule has 0 aliphatic heterocycles. The largest absolute Gasteiger partial charge is 0.396 e. The highest BCUT2D eigenvalue weighted by atomic mass is 79.9. The SMILES string of the molecule is Cc1nc(-c2ccc(Br)cc2)ncc1N. The Morgan fingerprint density at radius 2 is 1.87 bits per heavy atom. The van der Waals surface area contributed by atoms with E-state index in [2.05, 4.69) is 25.9 Å². The number of rotatable bonds is 1. The van der Waals surface area contributed by atoms with Gasteiger partial charge in [0.05, 0.1) is 17.6 Å². The lowest BCUT2D eigenvalue weighted by molar-refractivity contribution is 1.12. The normalized spacial score (nSPS) is 10.3. The maximum Gasteiger partial charge on any atom is 0.159 e. The van der Waals surface area contributed by atoms with Crippen LogP contribution in [0.25, 0.3) is 11.4 Å². The van der Waals surface area contributed by atoms with Crippen LogP contribution in [-0.2, 0) is 0 Å². The molecule has 15 heavy (non-hydrogen) atoms. The zero-order chi connectivity index (χ0) is 10.8. The molecule has 0 amide bonds. The number of hydrogen-bond donors (Lipinski definition) is 1. The molecule has 0 unspecified atom stereocenters. The van der Waals surface area contributed by atoms with Crippen molar-refractivity contribution in [3.63, 3.8) is 0 Å². The monoisotopic (exact) mass is 263 g/mol. The molecular formula is C11H10BrN3. The molecule has 0 aliphatic rings. The zero-order valence-electron chi connectivity index (χ0n) is 8.24. The number of nitrogen functional groups attached to an aromatic ring is 1. The van der Waals surface area contributed by atoms with Gasteiger partial charge in [-0.1, -0.05) is 28.1 Å². The summed E-state index contributed by atoms with van der Waals surface area (Å²) in [7, 11) is 0. The fourth-order valence-electron chi connectivity index (χ4n) is 1.21. The Kier molecular flexibility index (Phi) is 2.68. The third kappa shape index (κ3) is 2.15. The van der Waals surface area contributed by atoms with Crippen LogP contribution in [0.4, 0.5) is 5.69 Å². The van der Waals surface area contributed by atoms with Crippen molar-refractivity contribution in [3.8, 4) is 11.4 Å². The minimum absolute atomic E-state index is 0.621. The predicted octanol–water partition coefficient (Wildman–Crippen LogP) is 2.80. The summed E-state index contributed by atoms with van der Waals surface area (Å²) in [5, 5.41) is 0. The van der Waals surface area contributed by atoms with Crippen LogP contribution in [0.3, 0.4) is 0 Å². The molecule has 0 fully saturated rings. The van der Waals surface area contributed by atoms with E-state index in [0.29, 0.717) is 11.5 Å². The van der Waals surface area contributed by atoms with Gasteiger partial charge in [0.1, 0.15) is 0 Å². The Bertz CT molecular complexity index is 480. The van der Waals surface area contributed by atoms with Crippen LogP contribution < -0.4 is 5.73 Å². The zero-order valence-corrected chi connectivity index (χ0v) is 9.82. The van der Waals surface area contributed by atoms with E-state index in [1.54, 1.807) is 6.20 Å². The van der Waals surface area contributed by atoms with Gasteiger partial charge in [0.15, 0.2) is 5.82 Å². The summed E-state index contributed by atoms with van der Waals surface area (Å²) in [5.41, 5.74) is 8.08. The van der Waals surface area contributed by atoms with E-state index in [-0.39, 0.29) is 0 Å². The molecule has 1 aromatic heterocycles. The van der Waals surface area contributed by atoms with Crippen LogP contribution in [0.5, 0.6) is 0 Å². The number of aryl methyl sites for hydroxylation is 1. The molecule has 4 heteroatoms. The standard InChI is InChI=1S/C11H10BrN3/c1-7-10(13)6-14-11(15-7)8-2-4-9(12)5-3-8/h2-6H,13H2,1H3. The van der Waals surface area contributed by atoms with Crippen molar-refractivity contribution < 1.29 is 0 Å². The van der Waals surface area contributed by atoms with Crippen molar-refractivity contribution in [3.05, 3.63) is 40.6 Å². The smallest absolute Gasteiger partial charge is 0.159 e. The first kappa shape index (κ1) is 10.1. The molecule has 76 valence electrons. The minimum Gasteiger partial charge on any atom is -0.396 e. The maximum absolute atomic E-state index is 5.66. The summed E-state index contributed by atoms with van der Waals surface area (Å²) in [6.45, 7) is 1.87. The van der Waals surface area contributed by atoms with Crippen molar-refractivity contribution in [2.75, 3.05) is 5.73 Å². The predicted molar refractivity (Wildman–Crippen MR) is 64.3 cm³/mol. The van der Waals surface area contributed by atoms with Gasteiger partial charge < -0.3 is 5.73 Å². The average Bonchev–Trinajstić information content (AvgIpc) is 2.23. The molecule has 0 saturated carbocycles. The number of nitrogens with two attached hydrogens (primary N) is 1. The van der Waals surface area contributed by atoms with Crippen LogP contribution in [0.1, 0.15) is 5.69 Å². The summed E-state index contributed by atoms with van der Waals surface area (Å²) >= 11 is 3.38. The second-order valence-electron chi connectivity index (χ2n) is 3.24. The van der Waals surface area contributed by atoms with Gasteiger partial charge in [-0.3, -0.25) is 0 Å². The maximum atomic E-state index is 5.66. The molecule has 3 nitrogen and oxygen atoms in total. The summed E-state index contributed by atoms with van der Waals surface area (Å²) in [6, 6.07) is 7.86. The number of nitrogens with zero attached hydrogens (tertiary/aromatic N) is 2. The Morgan fingerprint density at radius 1 is 1.20 bits per heavy atom. The van der Waals surface area contributed by atoms with E-state index < -0.39 is 0 Å². The molecule has 1 heterocycles. The molecule has 0 atom stereocenters. The van der Waals surface area contributed by atoms with Crippen molar-refractivity contribution in [2.45, 2.75) is 6.92 Å². The Morgan fingerprint density at radius 3 is 2.47 bits per heavy atom. The van der Waals surface area contributed by atoms with Gasteiger partial charge in [0.25, 0.3) is 0 Å². The van der Waals surface area contributed by atoms with Crippen molar-refractivity contribution in [1.82, 2.24) is 9.97 Å². The first-order valence-electron chi connectivity index (χ1n) is 4.52. The number of hydrogen-bond acceptors (Lipinski definition) is 3. The quantitative estimate of drug-likeness (QED) is 0.861. The van der Waals surface area contributed by atoms with E-state index in [9.17, 15) is 0 Å². The van der Waals surface area contributed by atoms with Crippen LogP contribution in [0.2, 0.25) is 0 Å². The summed E-state index contributed by atoms with van der Waals surface area (Å²) in [6.07, 6.45) is 1.64. The highest BCUT2D eigenvalue weighted by Crippen LogP contribution is 2.19.